The number of guanidine groups is 1. The predicted molar refractivity (Wildman–Crippen MR) is 89.5 cm³/mol. The molecule has 2 N–H and O–H groups in total. The van der Waals surface area contributed by atoms with Crippen molar-refractivity contribution in [1.82, 2.24) is 4.90 Å². The molecule has 5 nitrogen and oxygen atoms in total. The zero-order valence-electron chi connectivity index (χ0n) is 13.3. The SMILES string of the molecule is CCS(=O)(=O)c1ccc(CN=C(N)N2CCC[C@@H](C)C2)cc1. The van der Waals surface area contributed by atoms with E-state index in [2.05, 4.69) is 16.8 Å². The summed E-state index contributed by atoms with van der Waals surface area (Å²) in [5, 5.41) is 0. The highest BCUT2D eigenvalue weighted by Gasteiger charge is 2.17. The Labute approximate surface area is 133 Å². The lowest BCUT2D eigenvalue weighted by molar-refractivity contribution is 0.270. The fourth-order valence-corrected chi connectivity index (χ4v) is 3.52. The van der Waals surface area contributed by atoms with E-state index < -0.39 is 9.84 Å². The number of sulfone groups is 1. The molecule has 1 fully saturated rings. The second kappa shape index (κ2) is 7.13. The van der Waals surface area contributed by atoms with Crippen LogP contribution in [0.2, 0.25) is 0 Å². The third-order valence-electron chi connectivity index (χ3n) is 4.07. The van der Waals surface area contributed by atoms with Gasteiger partial charge in [-0.2, -0.15) is 0 Å². The molecule has 1 aliphatic heterocycles. The van der Waals surface area contributed by atoms with E-state index in [4.69, 9.17) is 5.73 Å². The van der Waals surface area contributed by atoms with E-state index in [0.717, 1.165) is 25.1 Å². The molecule has 1 atom stereocenters. The molecule has 0 amide bonds. The van der Waals surface area contributed by atoms with Gasteiger partial charge in [-0.05, 0) is 36.5 Å². The Morgan fingerprint density at radius 1 is 1.36 bits per heavy atom. The molecular weight excluding hydrogens is 298 g/mol. The van der Waals surface area contributed by atoms with E-state index in [-0.39, 0.29) is 5.75 Å². The largest absolute Gasteiger partial charge is 0.370 e. The summed E-state index contributed by atoms with van der Waals surface area (Å²) in [6.45, 7) is 6.28. The molecule has 0 saturated carbocycles. The normalized spacial score (nSPS) is 20.2. The maximum Gasteiger partial charge on any atom is 0.191 e. The number of nitrogens with two attached hydrogens (primary N) is 1. The van der Waals surface area contributed by atoms with Gasteiger partial charge >= 0.3 is 0 Å². The fourth-order valence-electron chi connectivity index (χ4n) is 2.64. The van der Waals surface area contributed by atoms with Gasteiger partial charge in [-0.25, -0.2) is 13.4 Å². The minimum Gasteiger partial charge on any atom is -0.370 e. The summed E-state index contributed by atoms with van der Waals surface area (Å²) in [5.41, 5.74) is 7.02. The summed E-state index contributed by atoms with van der Waals surface area (Å²) in [7, 11) is -3.14. The lowest BCUT2D eigenvalue weighted by atomic mass is 10.0. The van der Waals surface area contributed by atoms with Crippen molar-refractivity contribution in [3.05, 3.63) is 29.8 Å². The molecule has 122 valence electrons. The molecule has 2 rings (SSSR count). The van der Waals surface area contributed by atoms with Crippen LogP contribution in [0, 0.1) is 5.92 Å². The summed E-state index contributed by atoms with van der Waals surface area (Å²) in [6, 6.07) is 6.89. The van der Waals surface area contributed by atoms with Gasteiger partial charge in [0.15, 0.2) is 15.8 Å². The summed E-state index contributed by atoms with van der Waals surface area (Å²) < 4.78 is 23.5. The summed E-state index contributed by atoms with van der Waals surface area (Å²) >= 11 is 0. The molecule has 0 bridgehead atoms. The van der Waals surface area contributed by atoms with Crippen LogP contribution in [-0.2, 0) is 16.4 Å². The first-order valence-electron chi connectivity index (χ1n) is 7.79. The van der Waals surface area contributed by atoms with Crippen molar-refractivity contribution in [3.63, 3.8) is 0 Å². The molecule has 0 radical (unpaired) electrons. The van der Waals surface area contributed by atoms with E-state index in [1.807, 2.05) is 0 Å². The Morgan fingerprint density at radius 3 is 2.64 bits per heavy atom. The van der Waals surface area contributed by atoms with Crippen LogP contribution in [0.4, 0.5) is 0 Å². The highest BCUT2D eigenvalue weighted by molar-refractivity contribution is 7.91. The molecule has 1 heterocycles. The molecule has 0 spiro atoms. The molecule has 0 aliphatic carbocycles. The number of hydrogen-bond acceptors (Lipinski definition) is 3. The van der Waals surface area contributed by atoms with Crippen LogP contribution in [0.1, 0.15) is 32.3 Å². The highest BCUT2D eigenvalue weighted by Crippen LogP contribution is 2.16. The molecule has 0 unspecified atom stereocenters. The molecule has 1 saturated heterocycles. The Bertz CT molecular complexity index is 623. The third-order valence-corrected chi connectivity index (χ3v) is 5.82. The van der Waals surface area contributed by atoms with E-state index >= 15 is 0 Å². The average molecular weight is 323 g/mol. The van der Waals surface area contributed by atoms with Crippen LogP contribution in [0.3, 0.4) is 0 Å². The van der Waals surface area contributed by atoms with Gasteiger partial charge in [0.2, 0.25) is 0 Å². The van der Waals surface area contributed by atoms with Gasteiger partial charge in [-0.1, -0.05) is 26.0 Å². The van der Waals surface area contributed by atoms with Gasteiger partial charge in [-0.15, -0.1) is 0 Å². The Balaban J connectivity index is 2.00. The van der Waals surface area contributed by atoms with Gasteiger partial charge in [-0.3, -0.25) is 0 Å². The number of hydrogen-bond donors (Lipinski definition) is 1. The average Bonchev–Trinajstić information content (AvgIpc) is 2.53. The number of benzene rings is 1. The lowest BCUT2D eigenvalue weighted by Gasteiger charge is -2.31. The highest BCUT2D eigenvalue weighted by atomic mass is 32.2. The molecule has 6 heteroatoms. The second-order valence-corrected chi connectivity index (χ2v) is 8.19. The molecular formula is C16H25N3O2S. The predicted octanol–water partition coefficient (Wildman–Crippen LogP) is 2.03. The maximum absolute atomic E-state index is 11.8. The smallest absolute Gasteiger partial charge is 0.191 e. The Morgan fingerprint density at radius 2 is 2.05 bits per heavy atom. The summed E-state index contributed by atoms with van der Waals surface area (Å²) in [6.07, 6.45) is 2.40. The standard InChI is InChI=1S/C16H25N3O2S/c1-3-22(20,21)15-8-6-14(7-9-15)11-18-16(17)19-10-4-5-13(2)12-19/h6-9,13H,3-5,10-12H2,1-2H3,(H2,17,18)/t13-/m1/s1. The molecule has 1 aromatic rings. The molecule has 22 heavy (non-hydrogen) atoms. The third kappa shape index (κ3) is 4.22. The molecule has 1 aliphatic rings. The zero-order chi connectivity index (χ0) is 16.2. The Kier molecular flexibility index (Phi) is 5.45. The molecule has 0 aromatic heterocycles. The van der Waals surface area contributed by atoms with Gasteiger partial charge in [0.25, 0.3) is 0 Å². The summed E-state index contributed by atoms with van der Waals surface area (Å²) in [5.74, 6) is 1.35. The quantitative estimate of drug-likeness (QED) is 0.679. The van der Waals surface area contributed by atoms with Gasteiger partial charge < -0.3 is 10.6 Å². The minimum absolute atomic E-state index is 0.116. The minimum atomic E-state index is -3.14. The first-order chi connectivity index (χ1) is 10.4. The van der Waals surface area contributed by atoms with Crippen molar-refractivity contribution >= 4 is 15.8 Å². The van der Waals surface area contributed by atoms with Crippen LogP contribution >= 0.6 is 0 Å². The zero-order valence-corrected chi connectivity index (χ0v) is 14.1. The first kappa shape index (κ1) is 16.8. The monoisotopic (exact) mass is 323 g/mol. The van der Waals surface area contributed by atoms with E-state index in [0.29, 0.717) is 23.3 Å². The van der Waals surface area contributed by atoms with Crippen molar-refractivity contribution in [2.24, 2.45) is 16.6 Å². The van der Waals surface area contributed by atoms with Gasteiger partial charge in [0.05, 0.1) is 17.2 Å². The van der Waals surface area contributed by atoms with Crippen LogP contribution in [-0.4, -0.2) is 38.1 Å². The van der Waals surface area contributed by atoms with E-state index in [1.54, 1.807) is 31.2 Å². The van der Waals surface area contributed by atoms with Crippen LogP contribution < -0.4 is 5.73 Å². The maximum atomic E-state index is 11.8. The van der Waals surface area contributed by atoms with Crippen molar-refractivity contribution in [1.29, 1.82) is 0 Å². The van der Waals surface area contributed by atoms with Gasteiger partial charge in [0.1, 0.15) is 0 Å². The fraction of sp³-hybridized carbons (Fsp3) is 0.562. The van der Waals surface area contributed by atoms with Crippen LogP contribution in [0.25, 0.3) is 0 Å². The number of rotatable bonds is 4. The molecule has 1 aromatic carbocycles. The van der Waals surface area contributed by atoms with E-state index in [1.165, 1.54) is 6.42 Å². The van der Waals surface area contributed by atoms with Crippen LogP contribution in [0.15, 0.2) is 34.2 Å². The number of nitrogens with zero attached hydrogens (tertiary/aromatic N) is 2. The number of aliphatic imine (C=N–C) groups is 1. The second-order valence-electron chi connectivity index (χ2n) is 5.92. The van der Waals surface area contributed by atoms with Crippen molar-refractivity contribution in [2.75, 3.05) is 18.8 Å². The topological polar surface area (TPSA) is 75.8 Å². The first-order valence-corrected chi connectivity index (χ1v) is 9.44. The van der Waals surface area contributed by atoms with Crippen LogP contribution in [0.5, 0.6) is 0 Å². The van der Waals surface area contributed by atoms with Gasteiger partial charge in [0, 0.05) is 13.1 Å². The lowest BCUT2D eigenvalue weighted by Crippen LogP contribution is -2.43. The Hall–Kier alpha value is -1.56. The van der Waals surface area contributed by atoms with Crippen molar-refractivity contribution in [3.8, 4) is 0 Å². The summed E-state index contributed by atoms with van der Waals surface area (Å²) in [4.78, 5) is 6.93. The number of likely N-dealkylation sites (tertiary alicyclic amines) is 1. The number of piperidine rings is 1. The van der Waals surface area contributed by atoms with E-state index in [9.17, 15) is 8.42 Å². The van der Waals surface area contributed by atoms with Crippen molar-refractivity contribution < 1.29 is 8.42 Å². The van der Waals surface area contributed by atoms with Crippen molar-refractivity contribution in [2.45, 2.75) is 38.1 Å².